The lowest BCUT2D eigenvalue weighted by molar-refractivity contribution is -0.134. The molecule has 0 radical (unpaired) electrons. The molecule has 2 unspecified atom stereocenters. The monoisotopic (exact) mass is 376 g/mol. The van der Waals surface area contributed by atoms with E-state index in [0.717, 1.165) is 6.07 Å². The summed E-state index contributed by atoms with van der Waals surface area (Å²) >= 11 is 9.29. The summed E-state index contributed by atoms with van der Waals surface area (Å²) in [6.07, 6.45) is 0. The first-order valence-corrected chi connectivity index (χ1v) is 7.69. The first kappa shape index (κ1) is 16.2. The van der Waals surface area contributed by atoms with Gasteiger partial charge in [-0.25, -0.2) is 4.39 Å². The molecule has 0 aliphatic carbocycles. The van der Waals surface area contributed by atoms with E-state index in [9.17, 15) is 14.0 Å². The molecule has 7 heteroatoms. The van der Waals surface area contributed by atoms with E-state index >= 15 is 0 Å². The van der Waals surface area contributed by atoms with Crippen molar-refractivity contribution in [2.45, 2.75) is 32.9 Å². The number of carbonyl (C=O) groups is 2. The van der Waals surface area contributed by atoms with Crippen LogP contribution in [0.5, 0.6) is 0 Å². The molecule has 1 N–H and O–H groups in total. The Hall–Kier alpha value is -1.14. The van der Waals surface area contributed by atoms with E-state index in [-0.39, 0.29) is 22.8 Å². The topological polar surface area (TPSA) is 49.4 Å². The van der Waals surface area contributed by atoms with Crippen LogP contribution in [0.15, 0.2) is 16.6 Å². The third-order valence-electron chi connectivity index (χ3n) is 3.46. The van der Waals surface area contributed by atoms with Crippen LogP contribution in [0.3, 0.4) is 0 Å². The first-order valence-electron chi connectivity index (χ1n) is 6.52. The maximum atomic E-state index is 13.4. The van der Waals surface area contributed by atoms with Crippen LogP contribution in [0.4, 0.5) is 10.1 Å². The van der Waals surface area contributed by atoms with Gasteiger partial charge in [-0.2, -0.15) is 0 Å². The largest absolute Gasteiger partial charge is 0.342 e. The number of nitrogens with one attached hydrogen (secondary N) is 1. The van der Waals surface area contributed by atoms with Crippen LogP contribution in [0.1, 0.15) is 20.8 Å². The molecule has 2 amide bonds. The summed E-state index contributed by atoms with van der Waals surface area (Å²) in [5.74, 6) is -1.10. The van der Waals surface area contributed by atoms with Crippen molar-refractivity contribution in [1.29, 1.82) is 0 Å². The van der Waals surface area contributed by atoms with E-state index in [2.05, 4.69) is 21.2 Å². The second kappa shape index (κ2) is 5.93. The van der Waals surface area contributed by atoms with Gasteiger partial charge in [0.1, 0.15) is 17.9 Å². The van der Waals surface area contributed by atoms with Gasteiger partial charge in [-0.15, -0.1) is 0 Å². The molecular formula is C14H15BrClFN2O2. The number of carbonyl (C=O) groups excluding carboxylic acids is 2. The second-order valence-corrected chi connectivity index (χ2v) is 6.59. The van der Waals surface area contributed by atoms with Crippen LogP contribution in [-0.4, -0.2) is 23.9 Å². The van der Waals surface area contributed by atoms with Crippen molar-refractivity contribution in [2.24, 2.45) is 5.92 Å². The Kier molecular flexibility index (Phi) is 4.58. The molecule has 0 saturated carbocycles. The van der Waals surface area contributed by atoms with Crippen molar-refractivity contribution in [3.05, 3.63) is 27.4 Å². The Morgan fingerprint density at radius 2 is 2.00 bits per heavy atom. The van der Waals surface area contributed by atoms with Gasteiger partial charge in [-0.1, -0.05) is 25.4 Å². The number of rotatable bonds is 2. The van der Waals surface area contributed by atoms with Gasteiger partial charge in [-0.05, 0) is 40.9 Å². The number of piperazine rings is 1. The lowest BCUT2D eigenvalue weighted by Gasteiger charge is -2.39. The number of hydrogen-bond donors (Lipinski definition) is 1. The highest BCUT2D eigenvalue weighted by atomic mass is 79.9. The maximum absolute atomic E-state index is 13.4. The zero-order valence-corrected chi connectivity index (χ0v) is 14.1. The van der Waals surface area contributed by atoms with E-state index in [1.165, 1.54) is 11.0 Å². The molecule has 114 valence electrons. The van der Waals surface area contributed by atoms with E-state index in [4.69, 9.17) is 11.6 Å². The van der Waals surface area contributed by atoms with Crippen LogP contribution in [0.2, 0.25) is 5.02 Å². The molecule has 1 heterocycles. The fraction of sp³-hybridized carbons (Fsp3) is 0.429. The lowest BCUT2D eigenvalue weighted by atomic mass is 9.98. The van der Waals surface area contributed by atoms with Gasteiger partial charge in [0.15, 0.2) is 0 Å². The Morgan fingerprint density at radius 3 is 2.52 bits per heavy atom. The normalized spacial score (nSPS) is 22.7. The van der Waals surface area contributed by atoms with E-state index < -0.39 is 17.9 Å². The Balaban J connectivity index is 2.54. The number of halogens is 3. The summed E-state index contributed by atoms with van der Waals surface area (Å²) in [6, 6.07) is 1.00. The minimum atomic E-state index is -0.716. The summed E-state index contributed by atoms with van der Waals surface area (Å²) in [6.45, 7) is 5.30. The molecule has 0 spiro atoms. The molecule has 2 atom stereocenters. The molecule has 4 nitrogen and oxygen atoms in total. The number of anilines is 1. The number of hydrogen-bond acceptors (Lipinski definition) is 2. The van der Waals surface area contributed by atoms with E-state index in [1.807, 2.05) is 13.8 Å². The van der Waals surface area contributed by atoms with Crippen molar-refractivity contribution in [2.75, 3.05) is 4.90 Å². The highest BCUT2D eigenvalue weighted by Gasteiger charge is 2.41. The summed E-state index contributed by atoms with van der Waals surface area (Å²) in [5.41, 5.74) is 0.316. The van der Waals surface area contributed by atoms with Crippen molar-refractivity contribution in [3.8, 4) is 0 Å². The van der Waals surface area contributed by atoms with Crippen molar-refractivity contribution in [1.82, 2.24) is 5.32 Å². The highest BCUT2D eigenvalue weighted by Crippen LogP contribution is 2.37. The van der Waals surface area contributed by atoms with Crippen LogP contribution < -0.4 is 10.2 Å². The smallest absolute Gasteiger partial charge is 0.250 e. The zero-order chi connectivity index (χ0) is 15.9. The summed E-state index contributed by atoms with van der Waals surface area (Å²) in [4.78, 5) is 26.1. The van der Waals surface area contributed by atoms with Crippen LogP contribution in [0, 0.1) is 11.7 Å². The molecule has 1 saturated heterocycles. The summed E-state index contributed by atoms with van der Waals surface area (Å²) < 4.78 is 13.7. The van der Waals surface area contributed by atoms with Gasteiger partial charge in [0.05, 0.1) is 10.7 Å². The predicted molar refractivity (Wildman–Crippen MR) is 82.8 cm³/mol. The molecular weight excluding hydrogens is 363 g/mol. The first-order chi connectivity index (χ1) is 9.73. The molecule has 2 rings (SSSR count). The molecule has 1 aliphatic rings. The van der Waals surface area contributed by atoms with Gasteiger partial charge >= 0.3 is 0 Å². The molecule has 1 aromatic carbocycles. The molecule has 1 aliphatic heterocycles. The summed E-state index contributed by atoms with van der Waals surface area (Å²) in [5, 5.41) is 2.79. The van der Waals surface area contributed by atoms with Gasteiger partial charge < -0.3 is 5.32 Å². The number of amides is 2. The predicted octanol–water partition coefficient (Wildman–Crippen LogP) is 3.12. The van der Waals surface area contributed by atoms with Crippen molar-refractivity contribution < 1.29 is 14.0 Å². The minimum Gasteiger partial charge on any atom is -0.342 e. The third-order valence-corrected chi connectivity index (χ3v) is 4.35. The number of benzene rings is 1. The molecule has 1 aromatic rings. The quantitative estimate of drug-likeness (QED) is 0.861. The maximum Gasteiger partial charge on any atom is 0.250 e. The Morgan fingerprint density at radius 1 is 1.38 bits per heavy atom. The van der Waals surface area contributed by atoms with Crippen molar-refractivity contribution >= 4 is 45.0 Å². The lowest BCUT2D eigenvalue weighted by Crippen LogP contribution is -2.64. The summed E-state index contributed by atoms with van der Waals surface area (Å²) in [7, 11) is 0. The zero-order valence-electron chi connectivity index (χ0n) is 11.8. The van der Waals surface area contributed by atoms with Gasteiger partial charge in [0.25, 0.3) is 5.91 Å². The second-order valence-electron chi connectivity index (χ2n) is 5.33. The molecule has 0 aromatic heterocycles. The average molecular weight is 378 g/mol. The molecule has 0 bridgehead atoms. The standard InChI is InChI=1S/C14H15BrClFN2O2/c1-6(2)11-14(21)19(7(3)13(20)18-11)12-9(15)4-8(17)5-10(12)16/h4-7,11H,1-3H3,(H,18,20). The van der Waals surface area contributed by atoms with Gasteiger partial charge in [0.2, 0.25) is 5.91 Å². The van der Waals surface area contributed by atoms with Gasteiger partial charge in [-0.3, -0.25) is 14.5 Å². The fourth-order valence-electron chi connectivity index (χ4n) is 2.31. The van der Waals surface area contributed by atoms with Crippen LogP contribution in [-0.2, 0) is 9.59 Å². The van der Waals surface area contributed by atoms with E-state index in [1.54, 1.807) is 6.92 Å². The van der Waals surface area contributed by atoms with Crippen LogP contribution in [0.25, 0.3) is 0 Å². The van der Waals surface area contributed by atoms with Crippen LogP contribution >= 0.6 is 27.5 Å². The SMILES string of the molecule is CC(C)C1NC(=O)C(C)N(c2c(Cl)cc(F)cc2Br)C1=O. The average Bonchev–Trinajstić information content (AvgIpc) is 2.36. The fourth-order valence-corrected chi connectivity index (χ4v) is 3.35. The minimum absolute atomic E-state index is 0.0607. The molecule has 1 fully saturated rings. The number of nitrogens with zero attached hydrogens (tertiary/aromatic N) is 1. The highest BCUT2D eigenvalue weighted by molar-refractivity contribution is 9.10. The Bertz CT molecular complexity index is 586. The van der Waals surface area contributed by atoms with E-state index in [0.29, 0.717) is 10.2 Å². The van der Waals surface area contributed by atoms with Crippen molar-refractivity contribution in [3.63, 3.8) is 0 Å². The third kappa shape index (κ3) is 2.92. The van der Waals surface area contributed by atoms with Gasteiger partial charge in [0, 0.05) is 4.47 Å². The molecule has 21 heavy (non-hydrogen) atoms. The Labute approximate surface area is 135 Å².